The number of aliphatic hydroxyl groups is 1. The summed E-state index contributed by atoms with van der Waals surface area (Å²) >= 11 is 0. The topological polar surface area (TPSA) is 75.4 Å². The first-order valence-electron chi connectivity index (χ1n) is 5.03. The number of halogens is 2. The average molecular weight is 263 g/mol. The first-order valence-corrected chi connectivity index (χ1v) is 5.03. The Morgan fingerprint density at radius 1 is 1.41 bits per heavy atom. The van der Waals surface area contributed by atoms with Crippen LogP contribution in [0.4, 0.5) is 4.39 Å². The van der Waals surface area contributed by atoms with Gasteiger partial charge in [0.25, 0.3) is 0 Å². The Morgan fingerprint density at radius 3 is 2.53 bits per heavy atom. The highest BCUT2D eigenvalue weighted by molar-refractivity contribution is 5.85. The first kappa shape index (κ1) is 15.8. The third-order valence-corrected chi connectivity index (χ3v) is 2.12. The molecule has 1 aromatic carbocycles. The zero-order valence-corrected chi connectivity index (χ0v) is 10.0. The molecule has 0 fully saturated rings. The molecule has 1 amide bonds. The molecule has 0 saturated heterocycles. The molecular formula is C11H16ClFN2O2. The molecule has 0 aliphatic rings. The number of hydrogen-bond donors (Lipinski definition) is 3. The number of rotatable bonds is 5. The van der Waals surface area contributed by atoms with E-state index in [-0.39, 0.29) is 43.6 Å². The van der Waals surface area contributed by atoms with Crippen molar-refractivity contribution in [3.8, 4) is 0 Å². The number of amides is 1. The van der Waals surface area contributed by atoms with E-state index in [4.69, 9.17) is 5.73 Å². The minimum absolute atomic E-state index is 0. The normalized spacial score (nSPS) is 11.5. The summed E-state index contributed by atoms with van der Waals surface area (Å²) in [5.74, 6) is -0.563. The van der Waals surface area contributed by atoms with Gasteiger partial charge in [0.05, 0.1) is 6.10 Å². The van der Waals surface area contributed by atoms with Gasteiger partial charge in [-0.2, -0.15) is 0 Å². The Hall–Kier alpha value is -1.17. The second-order valence-corrected chi connectivity index (χ2v) is 3.41. The van der Waals surface area contributed by atoms with Gasteiger partial charge in [-0.25, -0.2) is 4.39 Å². The van der Waals surface area contributed by atoms with E-state index in [1.165, 1.54) is 24.3 Å². The van der Waals surface area contributed by atoms with Gasteiger partial charge in [0.2, 0.25) is 5.91 Å². The van der Waals surface area contributed by atoms with Crippen LogP contribution in [0.15, 0.2) is 24.3 Å². The maximum Gasteiger partial charge on any atom is 0.221 e. The van der Waals surface area contributed by atoms with Gasteiger partial charge in [0, 0.05) is 19.5 Å². The molecule has 1 rings (SSSR count). The maximum atomic E-state index is 12.6. The number of carbonyl (C=O) groups excluding carboxylic acids is 1. The van der Waals surface area contributed by atoms with E-state index in [1.807, 2.05) is 0 Å². The molecule has 0 saturated carbocycles. The average Bonchev–Trinajstić information content (AvgIpc) is 2.27. The van der Waals surface area contributed by atoms with E-state index in [0.29, 0.717) is 5.56 Å². The standard InChI is InChI=1S/C11H15FN2O2.ClH/c12-9-3-1-8(2-4-9)10(15)7-14-11(16)5-6-13;/h1-4,10,15H,5-7,13H2,(H,14,16);1H. The van der Waals surface area contributed by atoms with Crippen molar-refractivity contribution in [2.45, 2.75) is 12.5 Å². The van der Waals surface area contributed by atoms with Crippen LogP contribution in [0.3, 0.4) is 0 Å². The molecule has 0 aromatic heterocycles. The van der Waals surface area contributed by atoms with Crippen molar-refractivity contribution in [3.63, 3.8) is 0 Å². The highest BCUT2D eigenvalue weighted by atomic mass is 35.5. The van der Waals surface area contributed by atoms with Crippen LogP contribution in [0.2, 0.25) is 0 Å². The Labute approximate surface area is 105 Å². The number of nitrogens with two attached hydrogens (primary N) is 1. The number of carbonyl (C=O) groups is 1. The molecule has 0 bridgehead atoms. The molecule has 1 aromatic rings. The smallest absolute Gasteiger partial charge is 0.221 e. The predicted octanol–water partition coefficient (Wildman–Crippen LogP) is 0.746. The van der Waals surface area contributed by atoms with Crippen LogP contribution in [-0.4, -0.2) is 24.1 Å². The van der Waals surface area contributed by atoms with Gasteiger partial charge in [-0.05, 0) is 17.7 Å². The van der Waals surface area contributed by atoms with Crippen molar-refractivity contribution < 1.29 is 14.3 Å². The Kier molecular flexibility index (Phi) is 7.45. The fraction of sp³-hybridized carbons (Fsp3) is 0.364. The summed E-state index contributed by atoms with van der Waals surface area (Å²) in [6.07, 6.45) is -0.599. The first-order chi connectivity index (χ1) is 7.63. The third-order valence-electron chi connectivity index (χ3n) is 2.12. The zero-order chi connectivity index (χ0) is 12.0. The Morgan fingerprint density at radius 2 is 2.00 bits per heavy atom. The minimum atomic E-state index is -0.831. The quantitative estimate of drug-likeness (QED) is 0.733. The molecule has 1 atom stereocenters. The molecule has 4 N–H and O–H groups in total. The summed E-state index contributed by atoms with van der Waals surface area (Å²) in [5.41, 5.74) is 5.76. The summed E-state index contributed by atoms with van der Waals surface area (Å²) in [6, 6.07) is 5.49. The summed E-state index contributed by atoms with van der Waals surface area (Å²) < 4.78 is 12.6. The van der Waals surface area contributed by atoms with Crippen molar-refractivity contribution in [1.82, 2.24) is 5.32 Å². The number of nitrogens with one attached hydrogen (secondary N) is 1. The second-order valence-electron chi connectivity index (χ2n) is 3.41. The van der Waals surface area contributed by atoms with Gasteiger partial charge in [-0.3, -0.25) is 4.79 Å². The highest BCUT2D eigenvalue weighted by Crippen LogP contribution is 2.12. The minimum Gasteiger partial charge on any atom is -0.387 e. The summed E-state index contributed by atoms with van der Waals surface area (Å²) in [5, 5.41) is 12.2. The molecule has 17 heavy (non-hydrogen) atoms. The fourth-order valence-corrected chi connectivity index (χ4v) is 1.23. The van der Waals surface area contributed by atoms with Gasteiger partial charge >= 0.3 is 0 Å². The monoisotopic (exact) mass is 262 g/mol. The fourth-order valence-electron chi connectivity index (χ4n) is 1.23. The lowest BCUT2D eigenvalue weighted by Gasteiger charge is -2.11. The van der Waals surface area contributed by atoms with Gasteiger partial charge in [0.1, 0.15) is 5.82 Å². The molecule has 0 heterocycles. The molecule has 0 radical (unpaired) electrons. The maximum absolute atomic E-state index is 12.6. The summed E-state index contributed by atoms with van der Waals surface area (Å²) in [7, 11) is 0. The number of aliphatic hydroxyl groups excluding tert-OH is 1. The molecule has 96 valence electrons. The molecule has 0 aliphatic carbocycles. The van der Waals surface area contributed by atoms with Gasteiger partial charge in [0.15, 0.2) is 0 Å². The third kappa shape index (κ3) is 5.63. The van der Waals surface area contributed by atoms with E-state index in [9.17, 15) is 14.3 Å². The van der Waals surface area contributed by atoms with Gasteiger partial charge in [-0.1, -0.05) is 12.1 Å². The van der Waals surface area contributed by atoms with Crippen LogP contribution in [0.25, 0.3) is 0 Å². The second kappa shape index (κ2) is 8.00. The predicted molar refractivity (Wildman–Crippen MR) is 65.3 cm³/mol. The Balaban J connectivity index is 0.00000256. The van der Waals surface area contributed by atoms with Crippen LogP contribution < -0.4 is 11.1 Å². The van der Waals surface area contributed by atoms with Crippen LogP contribution >= 0.6 is 12.4 Å². The number of hydrogen-bond acceptors (Lipinski definition) is 3. The van der Waals surface area contributed by atoms with Crippen molar-refractivity contribution in [3.05, 3.63) is 35.6 Å². The van der Waals surface area contributed by atoms with E-state index in [0.717, 1.165) is 0 Å². The molecule has 0 spiro atoms. The van der Waals surface area contributed by atoms with Gasteiger partial charge in [-0.15, -0.1) is 12.4 Å². The molecular weight excluding hydrogens is 247 g/mol. The SMILES string of the molecule is Cl.NCCC(=O)NCC(O)c1ccc(F)cc1. The Bertz CT molecular complexity index is 346. The van der Waals surface area contributed by atoms with Crippen molar-refractivity contribution in [1.29, 1.82) is 0 Å². The van der Waals surface area contributed by atoms with E-state index in [1.54, 1.807) is 0 Å². The van der Waals surface area contributed by atoms with Crippen molar-refractivity contribution >= 4 is 18.3 Å². The lowest BCUT2D eigenvalue weighted by Crippen LogP contribution is -2.29. The van der Waals surface area contributed by atoms with Crippen molar-refractivity contribution in [2.75, 3.05) is 13.1 Å². The van der Waals surface area contributed by atoms with Crippen LogP contribution in [0.1, 0.15) is 18.1 Å². The largest absolute Gasteiger partial charge is 0.387 e. The van der Waals surface area contributed by atoms with E-state index >= 15 is 0 Å². The molecule has 6 heteroatoms. The molecule has 0 aliphatic heterocycles. The molecule has 1 unspecified atom stereocenters. The lowest BCUT2D eigenvalue weighted by atomic mass is 10.1. The van der Waals surface area contributed by atoms with Crippen LogP contribution in [0.5, 0.6) is 0 Å². The van der Waals surface area contributed by atoms with Crippen LogP contribution in [0, 0.1) is 5.82 Å². The number of benzene rings is 1. The van der Waals surface area contributed by atoms with E-state index < -0.39 is 6.10 Å². The highest BCUT2D eigenvalue weighted by Gasteiger charge is 2.08. The summed E-state index contributed by atoms with van der Waals surface area (Å²) in [4.78, 5) is 11.1. The van der Waals surface area contributed by atoms with Crippen LogP contribution in [-0.2, 0) is 4.79 Å². The lowest BCUT2D eigenvalue weighted by molar-refractivity contribution is -0.121. The van der Waals surface area contributed by atoms with E-state index in [2.05, 4.69) is 5.32 Å². The molecule has 4 nitrogen and oxygen atoms in total. The van der Waals surface area contributed by atoms with Crippen molar-refractivity contribution in [2.24, 2.45) is 5.73 Å². The summed E-state index contributed by atoms with van der Waals surface area (Å²) in [6.45, 7) is 0.378. The van der Waals surface area contributed by atoms with Gasteiger partial charge < -0.3 is 16.2 Å². The zero-order valence-electron chi connectivity index (χ0n) is 9.23.